The van der Waals surface area contributed by atoms with Crippen LogP contribution in [0.5, 0.6) is 5.88 Å². The Morgan fingerprint density at radius 2 is 1.71 bits per heavy atom. The smallest absolute Gasteiger partial charge is 0.262 e. The Morgan fingerprint density at radius 3 is 2.46 bits per heavy atom. The lowest BCUT2D eigenvalue weighted by atomic mass is 9.87. The number of sulfonamides is 1. The van der Waals surface area contributed by atoms with E-state index in [1.54, 1.807) is 0 Å². The predicted molar refractivity (Wildman–Crippen MR) is 235 cm³/mol. The molecular formula is C47H56N6O9S. The van der Waals surface area contributed by atoms with Gasteiger partial charge >= 0.3 is 0 Å². The molecule has 4 amide bonds. The highest BCUT2D eigenvalue weighted by molar-refractivity contribution is 7.91. The maximum Gasteiger partial charge on any atom is 0.262 e. The SMILES string of the molecule is CC(C)(C)c1ccc(-c2nc(O[C@@H]3C[C@H]4C(=O)N[C@]5(C(=O)NS(=O)(=O)C6CC6)C[C@H]5/C=C\CCCCC[C@H](NC(=O)C5CCOCC5)C(=O)N4C3)c3oc4ccccc4c3n2)cc1. The largest absolute Gasteiger partial charge is 0.470 e. The highest BCUT2D eigenvalue weighted by atomic mass is 32.2. The lowest BCUT2D eigenvalue weighted by molar-refractivity contribution is -0.143. The molecule has 2 saturated heterocycles. The first-order chi connectivity index (χ1) is 30.2. The van der Waals surface area contributed by atoms with Crippen LogP contribution in [0.25, 0.3) is 33.5 Å². The molecule has 3 N–H and O–H groups in total. The molecular weight excluding hydrogens is 825 g/mol. The molecule has 0 spiro atoms. The Morgan fingerprint density at radius 1 is 0.952 bits per heavy atom. The van der Waals surface area contributed by atoms with Gasteiger partial charge in [-0.2, -0.15) is 4.98 Å². The van der Waals surface area contributed by atoms with Crippen molar-refractivity contribution < 1.29 is 41.5 Å². The number of nitrogens with zero attached hydrogens (tertiary/aromatic N) is 3. The van der Waals surface area contributed by atoms with Crippen molar-refractivity contribution in [2.45, 2.75) is 126 Å². The average Bonchev–Trinajstić information content (AvgIpc) is 4.17. The standard InChI is InChI=1S/C47H56N6O9S/c1-46(2,3)30-17-15-28(16-18-30)40-49-38-34-12-9-10-14-37(34)62-39(38)43(50-40)61-32-25-36-42(55)51-47(45(57)52-63(58,59)33-19-20-33)26-31(47)11-7-5-4-6-8-13-35(44(56)53(36)27-32)48-41(54)29-21-23-60-24-22-29/h7,9-12,14-18,29,31-33,35-36H,4-6,8,13,19-27H2,1-3H3,(H,48,54)(H,51,55)(H,52,57)/b11-7-/t31-,32-,35+,36+,47-/m1/s1. The van der Waals surface area contributed by atoms with E-state index in [-0.39, 0.29) is 42.5 Å². The zero-order chi connectivity index (χ0) is 44.1. The summed E-state index contributed by atoms with van der Waals surface area (Å²) in [5.41, 5.74) is 1.77. The van der Waals surface area contributed by atoms with Gasteiger partial charge in [0.2, 0.25) is 33.3 Å². The van der Waals surface area contributed by atoms with E-state index in [4.69, 9.17) is 23.9 Å². The van der Waals surface area contributed by atoms with Gasteiger partial charge < -0.3 is 29.4 Å². The van der Waals surface area contributed by atoms with E-state index in [2.05, 4.69) is 48.3 Å². The molecule has 5 heterocycles. The molecule has 15 nitrogen and oxygen atoms in total. The molecule has 5 aliphatic rings. The number of furan rings is 1. The maximum atomic E-state index is 14.9. The van der Waals surface area contributed by atoms with E-state index < -0.39 is 62.6 Å². The number of aromatic nitrogens is 2. The molecule has 2 aromatic heterocycles. The van der Waals surface area contributed by atoms with Gasteiger partial charge in [-0.3, -0.25) is 23.9 Å². The van der Waals surface area contributed by atoms with Gasteiger partial charge in [-0.25, -0.2) is 13.4 Å². The summed E-state index contributed by atoms with van der Waals surface area (Å²) in [4.78, 5) is 68.5. The van der Waals surface area contributed by atoms with Gasteiger partial charge in [0.15, 0.2) is 5.82 Å². The van der Waals surface area contributed by atoms with Crippen LogP contribution in [-0.4, -0.2) is 95.6 Å². The molecule has 5 atom stereocenters. The van der Waals surface area contributed by atoms with Crippen molar-refractivity contribution in [3.63, 3.8) is 0 Å². The van der Waals surface area contributed by atoms with E-state index in [1.807, 2.05) is 48.6 Å². The van der Waals surface area contributed by atoms with Gasteiger partial charge in [0, 0.05) is 42.4 Å². The number of hydrogen-bond donors (Lipinski definition) is 3. The quantitative estimate of drug-likeness (QED) is 0.186. The number of hydrogen-bond acceptors (Lipinski definition) is 11. The fourth-order valence-corrected chi connectivity index (χ4v) is 10.5. The monoisotopic (exact) mass is 880 g/mol. The van der Waals surface area contributed by atoms with E-state index in [9.17, 15) is 27.6 Å². The van der Waals surface area contributed by atoms with Crippen LogP contribution < -0.4 is 20.1 Å². The first kappa shape index (κ1) is 42.9. The van der Waals surface area contributed by atoms with E-state index in [1.165, 1.54) is 4.90 Å². The maximum absolute atomic E-state index is 14.9. The molecule has 3 aliphatic heterocycles. The summed E-state index contributed by atoms with van der Waals surface area (Å²) < 4.78 is 46.8. The number of fused-ring (bicyclic) bond motifs is 5. The van der Waals surface area contributed by atoms with Crippen molar-refractivity contribution >= 4 is 55.7 Å². The van der Waals surface area contributed by atoms with E-state index in [0.717, 1.165) is 29.4 Å². The second-order valence-corrected chi connectivity index (χ2v) is 20.9. The van der Waals surface area contributed by atoms with E-state index >= 15 is 0 Å². The first-order valence-corrected chi connectivity index (χ1v) is 23.9. The summed E-state index contributed by atoms with van der Waals surface area (Å²) >= 11 is 0. The summed E-state index contributed by atoms with van der Waals surface area (Å²) in [7, 11) is -3.92. The normalized spacial score (nSPS) is 26.8. The van der Waals surface area contributed by atoms with Crippen LogP contribution in [0.1, 0.15) is 97.0 Å². The topological polar surface area (TPSA) is 199 Å². The zero-order valence-electron chi connectivity index (χ0n) is 36.1. The third-order valence-electron chi connectivity index (χ3n) is 13.2. The molecule has 0 unspecified atom stereocenters. The van der Waals surface area contributed by atoms with Gasteiger partial charge in [-0.05, 0) is 74.5 Å². The van der Waals surface area contributed by atoms with Gasteiger partial charge in [-0.15, -0.1) is 0 Å². The molecule has 2 aliphatic carbocycles. The zero-order valence-corrected chi connectivity index (χ0v) is 36.9. The molecule has 4 aromatic rings. The third kappa shape index (κ3) is 8.93. The van der Waals surface area contributed by atoms with Gasteiger partial charge in [-0.1, -0.05) is 82.2 Å². The van der Waals surface area contributed by atoms with Crippen molar-refractivity contribution in [1.29, 1.82) is 0 Å². The molecule has 4 fully saturated rings. The van der Waals surface area contributed by atoms with Crippen LogP contribution in [0.15, 0.2) is 65.1 Å². The van der Waals surface area contributed by atoms with Crippen LogP contribution in [0, 0.1) is 11.8 Å². The minimum atomic E-state index is -3.92. The predicted octanol–water partition coefficient (Wildman–Crippen LogP) is 5.60. The van der Waals surface area contributed by atoms with Crippen LogP contribution >= 0.6 is 0 Å². The Bertz CT molecular complexity index is 2560. The minimum absolute atomic E-state index is 0.0120. The molecule has 9 rings (SSSR count). The summed E-state index contributed by atoms with van der Waals surface area (Å²) in [6.07, 6.45) is 8.62. The molecule has 63 heavy (non-hydrogen) atoms. The second kappa shape index (κ2) is 17.0. The number of benzene rings is 2. The van der Waals surface area contributed by atoms with Gasteiger partial charge in [0.25, 0.3) is 11.8 Å². The number of amides is 4. The molecule has 16 heteroatoms. The Kier molecular flexibility index (Phi) is 11.6. The van der Waals surface area contributed by atoms with Crippen LogP contribution in [0.2, 0.25) is 0 Å². The number of carbonyl (C=O) groups is 4. The van der Waals surface area contributed by atoms with E-state index in [0.29, 0.717) is 80.7 Å². The highest BCUT2D eigenvalue weighted by Gasteiger charge is 2.62. The first-order valence-electron chi connectivity index (χ1n) is 22.4. The number of ether oxygens (including phenoxy) is 2. The number of para-hydroxylation sites is 1. The van der Waals surface area contributed by atoms with Crippen molar-refractivity contribution in [2.75, 3.05) is 19.8 Å². The second-order valence-electron chi connectivity index (χ2n) is 18.9. The molecule has 0 bridgehead atoms. The number of allylic oxidation sites excluding steroid dienone is 1. The molecule has 2 saturated carbocycles. The Balaban J connectivity index is 1.06. The average molecular weight is 881 g/mol. The van der Waals surface area contributed by atoms with Crippen LogP contribution in [0.3, 0.4) is 0 Å². The van der Waals surface area contributed by atoms with Gasteiger partial charge in [0.05, 0.1) is 11.8 Å². The summed E-state index contributed by atoms with van der Waals surface area (Å²) in [6, 6.07) is 13.5. The molecule has 334 valence electrons. The number of nitrogens with one attached hydrogen (secondary N) is 3. The number of rotatable bonds is 8. The minimum Gasteiger partial charge on any atom is -0.470 e. The van der Waals surface area contributed by atoms with Gasteiger partial charge in [0.1, 0.15) is 34.8 Å². The molecule has 0 radical (unpaired) electrons. The van der Waals surface area contributed by atoms with Crippen molar-refractivity contribution in [3.8, 4) is 17.3 Å². The summed E-state index contributed by atoms with van der Waals surface area (Å²) in [5, 5.41) is 6.11. The lowest BCUT2D eigenvalue weighted by Crippen LogP contribution is -2.58. The fourth-order valence-electron chi connectivity index (χ4n) is 9.15. The molecule has 2 aromatic carbocycles. The fraction of sp³-hybridized carbons (Fsp3) is 0.532. The Labute approximate surface area is 367 Å². The third-order valence-corrected chi connectivity index (χ3v) is 15.0. The van der Waals surface area contributed by atoms with Crippen molar-refractivity contribution in [1.82, 2.24) is 30.2 Å². The Hall–Kier alpha value is -5.35. The van der Waals surface area contributed by atoms with Crippen LogP contribution in [-0.2, 0) is 39.4 Å². The number of carbonyl (C=O) groups excluding carboxylic acids is 4. The highest BCUT2D eigenvalue weighted by Crippen LogP contribution is 2.46. The summed E-state index contributed by atoms with van der Waals surface area (Å²) in [6.45, 7) is 7.31. The lowest BCUT2D eigenvalue weighted by Gasteiger charge is -2.31. The van der Waals surface area contributed by atoms with Crippen LogP contribution in [0.4, 0.5) is 0 Å². The van der Waals surface area contributed by atoms with Crippen molar-refractivity contribution in [3.05, 3.63) is 66.2 Å². The van der Waals surface area contributed by atoms with Crippen molar-refractivity contribution in [2.24, 2.45) is 11.8 Å². The summed E-state index contributed by atoms with van der Waals surface area (Å²) in [5.74, 6) is -2.27.